The number of hydrogen-bond acceptors (Lipinski definition) is 2. The van der Waals surface area contributed by atoms with Crippen molar-refractivity contribution in [3.63, 3.8) is 0 Å². The van der Waals surface area contributed by atoms with Crippen molar-refractivity contribution >= 4 is 0 Å². The molecule has 0 aliphatic heterocycles. The molecule has 116 valence electrons. The van der Waals surface area contributed by atoms with Gasteiger partial charge in [0.05, 0.1) is 6.10 Å². The largest absolute Gasteiger partial charge is 0.393 e. The summed E-state index contributed by atoms with van der Waals surface area (Å²) in [6, 6.07) is 0. The first-order chi connectivity index (χ1) is 9.43. The van der Waals surface area contributed by atoms with Crippen LogP contribution in [0.4, 0.5) is 0 Å². The van der Waals surface area contributed by atoms with Crippen LogP contribution in [0.5, 0.6) is 0 Å². The number of fused-ring (bicyclic) bond motifs is 2. The fourth-order valence-electron chi connectivity index (χ4n) is 5.38. The summed E-state index contributed by atoms with van der Waals surface area (Å²) in [6.07, 6.45) is 9.29. The van der Waals surface area contributed by atoms with E-state index in [1.807, 2.05) is 0 Å². The van der Waals surface area contributed by atoms with Crippen LogP contribution in [0, 0.1) is 29.1 Å². The molecule has 0 aromatic rings. The molecule has 0 amide bonds. The van der Waals surface area contributed by atoms with Gasteiger partial charge in [0, 0.05) is 13.1 Å². The van der Waals surface area contributed by atoms with E-state index in [-0.39, 0.29) is 6.10 Å². The molecule has 3 rings (SSSR count). The van der Waals surface area contributed by atoms with Crippen LogP contribution in [0.2, 0.25) is 0 Å². The molecule has 0 spiro atoms. The molecule has 0 radical (unpaired) electrons. The first-order valence-corrected chi connectivity index (χ1v) is 8.79. The number of aliphatic hydroxyl groups is 1. The minimum absolute atomic E-state index is 0.0643. The fraction of sp³-hybridized carbons (Fsp3) is 1.00. The van der Waals surface area contributed by atoms with Crippen molar-refractivity contribution in [3.05, 3.63) is 0 Å². The van der Waals surface area contributed by atoms with Crippen LogP contribution in [-0.2, 0) is 0 Å². The first kappa shape index (κ1) is 14.8. The Balaban J connectivity index is 1.49. The highest BCUT2D eigenvalue weighted by molar-refractivity contribution is 4.92. The summed E-state index contributed by atoms with van der Waals surface area (Å²) in [4.78, 5) is 2.53. The Morgan fingerprint density at radius 2 is 1.80 bits per heavy atom. The molecule has 3 saturated carbocycles. The van der Waals surface area contributed by atoms with E-state index in [2.05, 4.69) is 25.8 Å². The second-order valence-electron chi connectivity index (χ2n) is 8.89. The van der Waals surface area contributed by atoms with E-state index in [9.17, 15) is 5.11 Å². The monoisotopic (exact) mass is 279 g/mol. The van der Waals surface area contributed by atoms with Gasteiger partial charge in [0.1, 0.15) is 0 Å². The highest BCUT2D eigenvalue weighted by Gasteiger charge is 2.40. The van der Waals surface area contributed by atoms with E-state index < -0.39 is 0 Å². The summed E-state index contributed by atoms with van der Waals surface area (Å²) in [5, 5.41) is 10.3. The van der Waals surface area contributed by atoms with Gasteiger partial charge in [-0.15, -0.1) is 0 Å². The van der Waals surface area contributed by atoms with E-state index >= 15 is 0 Å². The Morgan fingerprint density at radius 1 is 1.05 bits per heavy atom. The molecule has 3 aliphatic rings. The Morgan fingerprint density at radius 3 is 2.45 bits per heavy atom. The average Bonchev–Trinajstić information content (AvgIpc) is 2.95. The van der Waals surface area contributed by atoms with Crippen LogP contribution in [0.1, 0.15) is 58.8 Å². The van der Waals surface area contributed by atoms with Crippen LogP contribution in [0.15, 0.2) is 0 Å². The molecule has 0 aromatic carbocycles. The van der Waals surface area contributed by atoms with Gasteiger partial charge in [0.15, 0.2) is 0 Å². The molecule has 2 bridgehead atoms. The molecule has 0 saturated heterocycles. The van der Waals surface area contributed by atoms with E-state index in [1.54, 1.807) is 0 Å². The van der Waals surface area contributed by atoms with Gasteiger partial charge in [0.25, 0.3) is 0 Å². The second-order valence-corrected chi connectivity index (χ2v) is 8.89. The van der Waals surface area contributed by atoms with E-state index in [4.69, 9.17) is 0 Å². The fourth-order valence-corrected chi connectivity index (χ4v) is 5.38. The Labute approximate surface area is 124 Å². The Hall–Kier alpha value is -0.0800. The van der Waals surface area contributed by atoms with Crippen LogP contribution in [-0.4, -0.2) is 36.2 Å². The predicted octanol–water partition coefficient (Wildman–Crippen LogP) is 3.54. The van der Waals surface area contributed by atoms with E-state index in [0.717, 1.165) is 30.7 Å². The van der Waals surface area contributed by atoms with Crippen LogP contribution in [0.3, 0.4) is 0 Å². The number of hydrogen-bond donors (Lipinski definition) is 1. The van der Waals surface area contributed by atoms with Crippen LogP contribution >= 0.6 is 0 Å². The summed E-state index contributed by atoms with van der Waals surface area (Å²) in [5.74, 6) is 3.52. The van der Waals surface area contributed by atoms with Gasteiger partial charge < -0.3 is 10.0 Å². The van der Waals surface area contributed by atoms with Gasteiger partial charge >= 0.3 is 0 Å². The normalized spacial score (nSPS) is 43.4. The molecular formula is C18H33NO. The van der Waals surface area contributed by atoms with Crippen molar-refractivity contribution in [3.8, 4) is 0 Å². The Kier molecular flexibility index (Phi) is 4.16. The van der Waals surface area contributed by atoms with Gasteiger partial charge in [-0.3, -0.25) is 0 Å². The lowest BCUT2D eigenvalue weighted by molar-refractivity contribution is 0.00492. The Bertz CT molecular complexity index is 340. The maximum atomic E-state index is 10.3. The maximum Gasteiger partial charge on any atom is 0.0581 e. The molecule has 1 N–H and O–H groups in total. The molecule has 5 unspecified atom stereocenters. The van der Waals surface area contributed by atoms with Gasteiger partial charge in [-0.1, -0.05) is 20.3 Å². The van der Waals surface area contributed by atoms with Crippen molar-refractivity contribution in [1.29, 1.82) is 0 Å². The zero-order valence-electron chi connectivity index (χ0n) is 13.6. The molecule has 3 fully saturated rings. The lowest BCUT2D eigenvalue weighted by Crippen LogP contribution is -2.41. The first-order valence-electron chi connectivity index (χ1n) is 8.79. The lowest BCUT2D eigenvalue weighted by Gasteiger charge is -2.40. The van der Waals surface area contributed by atoms with Crippen molar-refractivity contribution in [1.82, 2.24) is 4.90 Å². The molecule has 2 heteroatoms. The third kappa shape index (κ3) is 3.22. The SMILES string of the molecule is CN(CC1CC(C)(C)CCC1O)CC1CC2CCC1C2. The zero-order chi connectivity index (χ0) is 14.3. The second kappa shape index (κ2) is 5.61. The van der Waals surface area contributed by atoms with Gasteiger partial charge in [-0.2, -0.15) is 0 Å². The average molecular weight is 279 g/mol. The van der Waals surface area contributed by atoms with Crippen molar-refractivity contribution in [2.45, 2.75) is 64.9 Å². The summed E-state index contributed by atoms with van der Waals surface area (Å²) in [5.41, 5.74) is 0.428. The third-order valence-electron chi connectivity index (χ3n) is 6.45. The number of rotatable bonds is 4. The molecule has 5 atom stereocenters. The van der Waals surface area contributed by atoms with Gasteiger partial charge in [0.2, 0.25) is 0 Å². The number of aliphatic hydroxyl groups excluding tert-OH is 1. The van der Waals surface area contributed by atoms with Crippen molar-refractivity contribution in [2.75, 3.05) is 20.1 Å². The standard InChI is InChI=1S/C18H33NO/c1-18(2)7-6-17(20)16(10-18)12-19(3)11-15-9-13-4-5-14(15)8-13/h13-17,20H,4-12H2,1-3H3. The van der Waals surface area contributed by atoms with Crippen LogP contribution in [0.25, 0.3) is 0 Å². The molecule has 3 aliphatic carbocycles. The zero-order valence-corrected chi connectivity index (χ0v) is 13.6. The summed E-state index contributed by atoms with van der Waals surface area (Å²) >= 11 is 0. The lowest BCUT2D eigenvalue weighted by atomic mass is 9.70. The van der Waals surface area contributed by atoms with Gasteiger partial charge in [-0.25, -0.2) is 0 Å². The quantitative estimate of drug-likeness (QED) is 0.851. The number of nitrogens with zero attached hydrogens (tertiary/aromatic N) is 1. The van der Waals surface area contributed by atoms with E-state index in [0.29, 0.717) is 11.3 Å². The summed E-state index contributed by atoms with van der Waals surface area (Å²) < 4.78 is 0. The van der Waals surface area contributed by atoms with Crippen molar-refractivity contribution < 1.29 is 5.11 Å². The third-order valence-corrected chi connectivity index (χ3v) is 6.45. The van der Waals surface area contributed by atoms with Crippen molar-refractivity contribution in [2.24, 2.45) is 29.1 Å². The molecule has 0 aromatic heterocycles. The minimum Gasteiger partial charge on any atom is -0.393 e. The summed E-state index contributed by atoms with van der Waals surface area (Å²) in [6.45, 7) is 7.09. The molecule has 20 heavy (non-hydrogen) atoms. The topological polar surface area (TPSA) is 23.5 Å². The highest BCUT2D eigenvalue weighted by atomic mass is 16.3. The molecular weight excluding hydrogens is 246 g/mol. The predicted molar refractivity (Wildman–Crippen MR) is 83.6 cm³/mol. The maximum absolute atomic E-state index is 10.3. The smallest absolute Gasteiger partial charge is 0.0581 e. The highest BCUT2D eigenvalue weighted by Crippen LogP contribution is 2.48. The van der Waals surface area contributed by atoms with E-state index in [1.165, 1.54) is 45.1 Å². The molecule has 2 nitrogen and oxygen atoms in total. The summed E-state index contributed by atoms with van der Waals surface area (Å²) in [7, 11) is 2.28. The molecule has 0 heterocycles. The van der Waals surface area contributed by atoms with Crippen LogP contribution < -0.4 is 0 Å². The van der Waals surface area contributed by atoms with Gasteiger partial charge in [-0.05, 0) is 74.7 Å². The minimum atomic E-state index is -0.0643.